The summed E-state index contributed by atoms with van der Waals surface area (Å²) in [7, 11) is 0. The van der Waals surface area contributed by atoms with Crippen molar-refractivity contribution < 1.29 is 9.59 Å². The third-order valence-electron chi connectivity index (χ3n) is 4.56. The summed E-state index contributed by atoms with van der Waals surface area (Å²) >= 11 is 0. The fraction of sp³-hybridized carbons (Fsp3) is 0.167. The minimum atomic E-state index is -0.159. The highest BCUT2D eigenvalue weighted by Gasteiger charge is 2.15. The molecule has 28 heavy (non-hydrogen) atoms. The number of anilines is 1. The molecule has 0 saturated heterocycles. The maximum Gasteiger partial charge on any atom is 0.238 e. The first-order valence-electron chi connectivity index (χ1n) is 9.28. The molecule has 3 aromatic carbocycles. The molecule has 0 fully saturated rings. The molecule has 0 aromatic heterocycles. The van der Waals surface area contributed by atoms with Gasteiger partial charge in [0.05, 0.1) is 12.6 Å². The third-order valence-corrected chi connectivity index (χ3v) is 4.56. The van der Waals surface area contributed by atoms with E-state index in [1.807, 2.05) is 30.3 Å². The van der Waals surface area contributed by atoms with Crippen LogP contribution in [0.15, 0.2) is 78.9 Å². The molecule has 142 valence electrons. The van der Waals surface area contributed by atoms with Crippen LogP contribution in [-0.4, -0.2) is 18.2 Å². The molecule has 0 aliphatic heterocycles. The van der Waals surface area contributed by atoms with Gasteiger partial charge in [-0.3, -0.25) is 14.9 Å². The van der Waals surface area contributed by atoms with Gasteiger partial charge in [-0.1, -0.05) is 72.3 Å². The summed E-state index contributed by atoms with van der Waals surface area (Å²) in [6.45, 7) is 3.71. The van der Waals surface area contributed by atoms with E-state index in [2.05, 4.69) is 41.8 Å². The molecule has 3 aromatic rings. The number of carbonyl (C=O) groups is 2. The van der Waals surface area contributed by atoms with E-state index in [1.54, 1.807) is 24.3 Å². The van der Waals surface area contributed by atoms with Crippen molar-refractivity contribution in [3.05, 3.63) is 101 Å². The highest BCUT2D eigenvalue weighted by Crippen LogP contribution is 2.22. The van der Waals surface area contributed by atoms with Gasteiger partial charge in [0.25, 0.3) is 0 Å². The molecular formula is C24H24N2O2. The largest absolute Gasteiger partial charge is 0.325 e. The first-order chi connectivity index (χ1) is 13.5. The van der Waals surface area contributed by atoms with E-state index < -0.39 is 0 Å². The summed E-state index contributed by atoms with van der Waals surface area (Å²) in [5, 5.41) is 6.20. The average Bonchev–Trinajstić information content (AvgIpc) is 2.70. The summed E-state index contributed by atoms with van der Waals surface area (Å²) in [4.78, 5) is 24.0. The fourth-order valence-electron chi connectivity index (χ4n) is 3.05. The highest BCUT2D eigenvalue weighted by atomic mass is 16.2. The number of ketones is 1. The Morgan fingerprint density at radius 2 is 1.54 bits per heavy atom. The minimum absolute atomic E-state index is 0.0299. The van der Waals surface area contributed by atoms with E-state index in [-0.39, 0.29) is 24.3 Å². The number of amides is 1. The lowest BCUT2D eigenvalue weighted by Crippen LogP contribution is -2.32. The van der Waals surface area contributed by atoms with Crippen LogP contribution < -0.4 is 10.6 Å². The Morgan fingerprint density at radius 3 is 2.21 bits per heavy atom. The second-order valence-electron chi connectivity index (χ2n) is 6.82. The number of benzene rings is 3. The Bertz CT molecular complexity index is 950. The Hall–Kier alpha value is -3.24. The molecule has 0 aliphatic carbocycles. The monoisotopic (exact) mass is 372 g/mol. The zero-order chi connectivity index (χ0) is 19.9. The van der Waals surface area contributed by atoms with E-state index in [1.165, 1.54) is 12.5 Å². The molecule has 1 amide bonds. The molecule has 4 nitrogen and oxygen atoms in total. The zero-order valence-corrected chi connectivity index (χ0v) is 16.1. The van der Waals surface area contributed by atoms with Crippen molar-refractivity contribution in [3.8, 4) is 0 Å². The fourth-order valence-corrected chi connectivity index (χ4v) is 3.05. The first kappa shape index (κ1) is 19.5. The summed E-state index contributed by atoms with van der Waals surface area (Å²) in [5.41, 5.74) is 4.58. The predicted octanol–water partition coefficient (Wildman–Crippen LogP) is 4.52. The SMILES string of the molecule is CC(=O)c1cccc(NC(=O)CN[C@H](c2ccccc2)c2ccc(C)cc2)c1. The normalized spacial score (nSPS) is 11.6. The van der Waals surface area contributed by atoms with Crippen LogP contribution in [0.1, 0.15) is 40.0 Å². The lowest BCUT2D eigenvalue weighted by Gasteiger charge is -2.20. The molecule has 3 rings (SSSR count). The van der Waals surface area contributed by atoms with Gasteiger partial charge in [-0.05, 0) is 37.1 Å². The van der Waals surface area contributed by atoms with Gasteiger partial charge in [0.2, 0.25) is 5.91 Å². The maximum atomic E-state index is 12.5. The van der Waals surface area contributed by atoms with Gasteiger partial charge >= 0.3 is 0 Å². The van der Waals surface area contributed by atoms with Crippen LogP contribution in [0.25, 0.3) is 0 Å². The molecule has 4 heteroatoms. The Morgan fingerprint density at radius 1 is 0.857 bits per heavy atom. The van der Waals surface area contributed by atoms with Crippen LogP contribution in [-0.2, 0) is 4.79 Å². The molecular weight excluding hydrogens is 348 g/mol. The second-order valence-corrected chi connectivity index (χ2v) is 6.82. The number of Topliss-reactive ketones (excluding diaryl/α,β-unsaturated/α-hetero) is 1. The third kappa shape index (κ3) is 5.15. The van der Waals surface area contributed by atoms with E-state index >= 15 is 0 Å². The van der Waals surface area contributed by atoms with Crippen molar-refractivity contribution in [2.24, 2.45) is 0 Å². The van der Waals surface area contributed by atoms with Gasteiger partial charge in [-0.25, -0.2) is 0 Å². The summed E-state index contributed by atoms with van der Waals surface area (Å²) < 4.78 is 0. The second kappa shape index (κ2) is 9.11. The van der Waals surface area contributed by atoms with Crippen molar-refractivity contribution in [2.45, 2.75) is 19.9 Å². The number of carbonyl (C=O) groups excluding carboxylic acids is 2. The zero-order valence-electron chi connectivity index (χ0n) is 16.1. The van der Waals surface area contributed by atoms with Crippen molar-refractivity contribution in [2.75, 3.05) is 11.9 Å². The molecule has 2 N–H and O–H groups in total. The van der Waals surface area contributed by atoms with Gasteiger partial charge in [-0.2, -0.15) is 0 Å². The van der Waals surface area contributed by atoms with E-state index in [9.17, 15) is 9.59 Å². The van der Waals surface area contributed by atoms with E-state index in [0.29, 0.717) is 11.3 Å². The minimum Gasteiger partial charge on any atom is -0.325 e. The number of rotatable bonds is 7. The Balaban J connectivity index is 1.71. The highest BCUT2D eigenvalue weighted by molar-refractivity contribution is 5.97. The van der Waals surface area contributed by atoms with Crippen molar-refractivity contribution in [1.82, 2.24) is 5.32 Å². The van der Waals surface area contributed by atoms with Gasteiger partial charge in [-0.15, -0.1) is 0 Å². The van der Waals surface area contributed by atoms with Gasteiger partial charge in [0.15, 0.2) is 5.78 Å². The van der Waals surface area contributed by atoms with Crippen LogP contribution in [0.2, 0.25) is 0 Å². The van der Waals surface area contributed by atoms with Crippen LogP contribution in [0.5, 0.6) is 0 Å². The number of hydrogen-bond acceptors (Lipinski definition) is 3. The Labute approximate surface area is 165 Å². The first-order valence-corrected chi connectivity index (χ1v) is 9.28. The van der Waals surface area contributed by atoms with Crippen LogP contribution in [0.4, 0.5) is 5.69 Å². The quantitative estimate of drug-likeness (QED) is 0.600. The van der Waals surface area contributed by atoms with Crippen molar-refractivity contribution in [3.63, 3.8) is 0 Å². The van der Waals surface area contributed by atoms with Gasteiger partial charge in [0.1, 0.15) is 0 Å². The molecule has 0 spiro atoms. The van der Waals surface area contributed by atoms with E-state index in [4.69, 9.17) is 0 Å². The number of hydrogen-bond donors (Lipinski definition) is 2. The molecule has 0 saturated carbocycles. The summed E-state index contributed by atoms with van der Waals surface area (Å²) in [6, 6.07) is 25.2. The topological polar surface area (TPSA) is 58.2 Å². The Kier molecular flexibility index (Phi) is 6.35. The van der Waals surface area contributed by atoms with E-state index in [0.717, 1.165) is 11.1 Å². The lowest BCUT2D eigenvalue weighted by atomic mass is 9.98. The van der Waals surface area contributed by atoms with Gasteiger partial charge < -0.3 is 5.32 Å². The maximum absolute atomic E-state index is 12.5. The molecule has 0 radical (unpaired) electrons. The summed E-state index contributed by atoms with van der Waals surface area (Å²) in [6.07, 6.45) is 0. The lowest BCUT2D eigenvalue weighted by molar-refractivity contribution is -0.115. The van der Waals surface area contributed by atoms with Crippen LogP contribution in [0.3, 0.4) is 0 Å². The number of nitrogens with one attached hydrogen (secondary N) is 2. The molecule has 0 heterocycles. The molecule has 0 aliphatic rings. The van der Waals surface area contributed by atoms with Crippen molar-refractivity contribution >= 4 is 17.4 Å². The smallest absolute Gasteiger partial charge is 0.238 e. The summed E-state index contributed by atoms with van der Waals surface area (Å²) in [5.74, 6) is -0.188. The van der Waals surface area contributed by atoms with Gasteiger partial charge in [0, 0.05) is 11.3 Å². The molecule has 0 bridgehead atoms. The standard InChI is InChI=1S/C24H24N2O2/c1-17-11-13-20(14-12-17)24(19-7-4-3-5-8-19)25-16-23(28)26-22-10-6-9-21(15-22)18(2)27/h3-15,24-25H,16H2,1-2H3,(H,26,28)/t24-/m1/s1. The predicted molar refractivity (Wildman–Crippen MR) is 113 cm³/mol. The van der Waals surface area contributed by atoms with Crippen LogP contribution >= 0.6 is 0 Å². The van der Waals surface area contributed by atoms with Crippen molar-refractivity contribution in [1.29, 1.82) is 0 Å². The number of aryl methyl sites for hydroxylation is 1. The molecule has 1 atom stereocenters. The molecule has 0 unspecified atom stereocenters. The van der Waals surface area contributed by atoms with Crippen LogP contribution in [0, 0.1) is 6.92 Å². The average molecular weight is 372 g/mol.